The van der Waals surface area contributed by atoms with Gasteiger partial charge in [0.1, 0.15) is 5.00 Å². The van der Waals surface area contributed by atoms with Crippen molar-refractivity contribution in [1.29, 1.82) is 0 Å². The van der Waals surface area contributed by atoms with Crippen molar-refractivity contribution in [3.63, 3.8) is 0 Å². The molecule has 0 aliphatic rings. The summed E-state index contributed by atoms with van der Waals surface area (Å²) in [5.74, 6) is -0.644. The second kappa shape index (κ2) is 10.4. The summed E-state index contributed by atoms with van der Waals surface area (Å²) < 4.78 is 15.4. The molecule has 178 valence electrons. The smallest absolute Gasteiger partial charge is 0.341 e. The Kier molecular flexibility index (Phi) is 7.57. The molecular weight excluding hydrogens is 456 g/mol. The van der Waals surface area contributed by atoms with Crippen LogP contribution in [0.5, 0.6) is 11.5 Å². The van der Waals surface area contributed by atoms with Gasteiger partial charge in [0, 0.05) is 11.3 Å². The van der Waals surface area contributed by atoms with Crippen molar-refractivity contribution in [2.24, 2.45) is 0 Å². The molecule has 8 nitrogen and oxygen atoms in total. The van der Waals surface area contributed by atoms with Gasteiger partial charge in [0.25, 0.3) is 11.8 Å². The van der Waals surface area contributed by atoms with Crippen molar-refractivity contribution in [2.75, 3.05) is 32.0 Å². The molecule has 9 heteroatoms. The molecule has 0 spiro atoms. The van der Waals surface area contributed by atoms with Gasteiger partial charge in [0.15, 0.2) is 11.5 Å². The molecule has 0 aliphatic heterocycles. The van der Waals surface area contributed by atoms with Gasteiger partial charge in [-0.05, 0) is 61.7 Å². The van der Waals surface area contributed by atoms with Crippen LogP contribution in [-0.2, 0) is 4.74 Å². The number of carbonyl (C=O) groups excluding carboxylic acids is 3. The SMILES string of the molecule is COC(=O)c1c(NC(=O)c2ccc(OC)c(OC)c2)sc(C(=O)Nc2cccc(C)c2C)c1C. The second-order valence-electron chi connectivity index (χ2n) is 7.48. The molecule has 0 radical (unpaired) electrons. The Morgan fingerprint density at radius 1 is 0.824 bits per heavy atom. The van der Waals surface area contributed by atoms with Gasteiger partial charge in [-0.25, -0.2) is 4.79 Å². The first kappa shape index (κ1) is 24.8. The Hall–Kier alpha value is -3.85. The number of thiophene rings is 1. The second-order valence-corrected chi connectivity index (χ2v) is 8.50. The zero-order valence-electron chi connectivity index (χ0n) is 19.8. The summed E-state index contributed by atoms with van der Waals surface area (Å²) in [6, 6.07) is 10.3. The van der Waals surface area contributed by atoms with E-state index < -0.39 is 11.9 Å². The molecule has 3 aromatic rings. The number of rotatable bonds is 7. The summed E-state index contributed by atoms with van der Waals surface area (Å²) in [7, 11) is 4.22. The molecule has 2 N–H and O–H groups in total. The molecule has 1 heterocycles. The lowest BCUT2D eigenvalue weighted by Crippen LogP contribution is -2.15. The number of benzene rings is 2. The molecule has 0 unspecified atom stereocenters. The van der Waals surface area contributed by atoms with Crippen LogP contribution in [0.4, 0.5) is 10.7 Å². The van der Waals surface area contributed by atoms with Crippen molar-refractivity contribution in [2.45, 2.75) is 20.8 Å². The zero-order valence-corrected chi connectivity index (χ0v) is 20.6. The molecule has 0 saturated heterocycles. The van der Waals surface area contributed by atoms with Gasteiger partial charge in [-0.2, -0.15) is 0 Å². The highest BCUT2D eigenvalue weighted by molar-refractivity contribution is 7.19. The lowest BCUT2D eigenvalue weighted by Gasteiger charge is -2.10. The van der Waals surface area contributed by atoms with Crippen LogP contribution in [0.3, 0.4) is 0 Å². The highest BCUT2D eigenvalue weighted by Gasteiger charge is 2.27. The quantitative estimate of drug-likeness (QED) is 0.461. The fourth-order valence-corrected chi connectivity index (χ4v) is 4.47. The van der Waals surface area contributed by atoms with E-state index in [2.05, 4.69) is 10.6 Å². The van der Waals surface area contributed by atoms with E-state index in [1.807, 2.05) is 32.0 Å². The lowest BCUT2D eigenvalue weighted by atomic mass is 10.1. The maximum absolute atomic E-state index is 13.1. The summed E-state index contributed by atoms with van der Waals surface area (Å²) in [6.45, 7) is 5.52. The molecule has 2 aromatic carbocycles. The van der Waals surface area contributed by atoms with Gasteiger partial charge in [-0.15, -0.1) is 11.3 Å². The third-order valence-electron chi connectivity index (χ3n) is 5.47. The van der Waals surface area contributed by atoms with Gasteiger partial charge in [-0.3, -0.25) is 9.59 Å². The van der Waals surface area contributed by atoms with Gasteiger partial charge < -0.3 is 24.8 Å². The zero-order chi connectivity index (χ0) is 25.0. The third-order valence-corrected chi connectivity index (χ3v) is 6.67. The van der Waals surface area contributed by atoms with Crippen molar-refractivity contribution in [3.8, 4) is 11.5 Å². The number of carbonyl (C=O) groups is 3. The Balaban J connectivity index is 1.95. The minimum Gasteiger partial charge on any atom is -0.493 e. The van der Waals surface area contributed by atoms with Gasteiger partial charge in [-0.1, -0.05) is 12.1 Å². The maximum Gasteiger partial charge on any atom is 0.341 e. The largest absolute Gasteiger partial charge is 0.493 e. The summed E-state index contributed by atoms with van der Waals surface area (Å²) in [6.07, 6.45) is 0. The summed E-state index contributed by atoms with van der Waals surface area (Å²) >= 11 is 1.01. The van der Waals surface area contributed by atoms with Crippen LogP contribution in [-0.4, -0.2) is 39.1 Å². The fourth-order valence-electron chi connectivity index (χ4n) is 3.38. The number of hydrogen-bond donors (Lipinski definition) is 2. The number of anilines is 2. The number of methoxy groups -OCH3 is 3. The summed E-state index contributed by atoms with van der Waals surface area (Å²) in [5.41, 5.74) is 3.50. The van der Waals surface area contributed by atoms with E-state index in [1.165, 1.54) is 27.4 Å². The van der Waals surface area contributed by atoms with E-state index >= 15 is 0 Å². The van der Waals surface area contributed by atoms with Crippen molar-refractivity contribution >= 4 is 39.8 Å². The monoisotopic (exact) mass is 482 g/mol. The van der Waals surface area contributed by atoms with E-state index in [0.717, 1.165) is 22.5 Å². The highest BCUT2D eigenvalue weighted by Crippen LogP contribution is 2.35. The first-order valence-electron chi connectivity index (χ1n) is 10.3. The third kappa shape index (κ3) is 4.89. The van der Waals surface area contributed by atoms with Crippen LogP contribution in [0.15, 0.2) is 36.4 Å². The maximum atomic E-state index is 13.1. The molecule has 0 fully saturated rings. The van der Waals surface area contributed by atoms with Crippen LogP contribution >= 0.6 is 11.3 Å². The van der Waals surface area contributed by atoms with Gasteiger partial charge >= 0.3 is 5.97 Å². The van der Waals surface area contributed by atoms with Gasteiger partial charge in [0.05, 0.1) is 31.8 Å². The topological polar surface area (TPSA) is 103 Å². The van der Waals surface area contributed by atoms with Crippen LogP contribution in [0.25, 0.3) is 0 Å². The van der Waals surface area contributed by atoms with E-state index in [4.69, 9.17) is 14.2 Å². The molecular formula is C25H26N2O6S. The number of aryl methyl sites for hydroxylation is 1. The predicted octanol–water partition coefficient (Wildman–Crippen LogP) is 4.98. The van der Waals surface area contributed by atoms with E-state index in [-0.39, 0.29) is 16.5 Å². The Bertz CT molecular complexity index is 1260. The minimum absolute atomic E-state index is 0.132. The van der Waals surface area contributed by atoms with Crippen molar-refractivity contribution < 1.29 is 28.6 Å². The first-order valence-corrected chi connectivity index (χ1v) is 11.2. The molecule has 0 saturated carbocycles. The van der Waals surface area contributed by atoms with Gasteiger partial charge in [0.2, 0.25) is 0 Å². The minimum atomic E-state index is -0.651. The fraction of sp³-hybridized carbons (Fsp3) is 0.240. The standard InChI is InChI=1S/C25H26N2O6S/c1-13-8-7-9-17(14(13)2)26-23(29)21-15(3)20(25(30)33-6)24(34-21)27-22(28)16-10-11-18(31-4)19(12-16)32-5/h7-12H,1-6H3,(H,26,29)(H,27,28). The molecule has 0 bridgehead atoms. The molecule has 1 aromatic heterocycles. The normalized spacial score (nSPS) is 10.4. The van der Waals surface area contributed by atoms with Crippen molar-refractivity contribution in [1.82, 2.24) is 0 Å². The Labute approximate surface area is 201 Å². The molecule has 3 rings (SSSR count). The average Bonchev–Trinajstić information content (AvgIpc) is 3.16. The van der Waals surface area contributed by atoms with Crippen molar-refractivity contribution in [3.05, 3.63) is 69.1 Å². The molecule has 0 atom stereocenters. The lowest BCUT2D eigenvalue weighted by molar-refractivity contribution is 0.0601. The highest BCUT2D eigenvalue weighted by atomic mass is 32.1. The number of hydrogen-bond acceptors (Lipinski definition) is 7. The molecule has 2 amide bonds. The first-order chi connectivity index (χ1) is 16.2. The number of esters is 1. The van der Waals surface area contributed by atoms with Crippen LogP contribution in [0.1, 0.15) is 47.1 Å². The Morgan fingerprint density at radius 3 is 2.18 bits per heavy atom. The van der Waals surface area contributed by atoms with E-state index in [1.54, 1.807) is 19.1 Å². The van der Waals surface area contributed by atoms with Crippen LogP contribution in [0.2, 0.25) is 0 Å². The number of ether oxygens (including phenoxy) is 3. The van der Waals surface area contributed by atoms with Crippen LogP contribution < -0.4 is 20.1 Å². The molecule has 34 heavy (non-hydrogen) atoms. The predicted molar refractivity (Wildman–Crippen MR) is 132 cm³/mol. The summed E-state index contributed by atoms with van der Waals surface area (Å²) in [4.78, 5) is 38.9. The number of nitrogens with one attached hydrogen (secondary N) is 2. The summed E-state index contributed by atoms with van der Waals surface area (Å²) in [5, 5.41) is 5.85. The number of amides is 2. The molecule has 0 aliphatic carbocycles. The average molecular weight is 483 g/mol. The van der Waals surface area contributed by atoms with Crippen LogP contribution in [0, 0.1) is 20.8 Å². The Morgan fingerprint density at radius 2 is 1.53 bits per heavy atom. The van der Waals surface area contributed by atoms with E-state index in [0.29, 0.717) is 33.2 Å². The van der Waals surface area contributed by atoms with E-state index in [9.17, 15) is 14.4 Å².